The van der Waals surface area contributed by atoms with Gasteiger partial charge in [-0.05, 0) is 18.2 Å². The van der Waals surface area contributed by atoms with Crippen molar-refractivity contribution in [3.8, 4) is 0 Å². The summed E-state index contributed by atoms with van der Waals surface area (Å²) in [5.41, 5.74) is 7.52. The zero-order chi connectivity index (χ0) is 15.0. The second-order valence-electron chi connectivity index (χ2n) is 4.11. The summed E-state index contributed by atoms with van der Waals surface area (Å²) in [4.78, 5) is 16.1. The molecule has 0 unspecified atom stereocenters. The van der Waals surface area contributed by atoms with Crippen LogP contribution in [0.3, 0.4) is 0 Å². The number of nitrogens with one attached hydrogen (secondary N) is 1. The van der Waals surface area contributed by atoms with Crippen LogP contribution >= 0.6 is 23.2 Å². The smallest absolute Gasteiger partial charge is 0.274 e. The molecule has 2 aromatic rings. The van der Waals surface area contributed by atoms with E-state index in [9.17, 15) is 4.79 Å². The number of fused-ring (bicyclic) bond motifs is 1. The number of nitrogen functional groups attached to an aromatic ring is 1. The number of halogens is 2. The van der Waals surface area contributed by atoms with Gasteiger partial charge in [0.2, 0.25) is 0 Å². The van der Waals surface area contributed by atoms with Crippen molar-refractivity contribution in [2.45, 2.75) is 0 Å². The first-order valence-corrected chi connectivity index (χ1v) is 7.18. The highest BCUT2D eigenvalue weighted by Crippen LogP contribution is 2.47. The molecule has 106 valence electrons. The molecule has 0 bridgehead atoms. The SMILES string of the molecule is Nc1ccc(C(=O)Nc2c(Cl)cc(Cl)c3c2N=S=N3)nc1. The summed E-state index contributed by atoms with van der Waals surface area (Å²) in [7, 11) is 0. The lowest BCUT2D eigenvalue weighted by Gasteiger charge is -2.10. The monoisotopic (exact) mass is 339 g/mol. The minimum absolute atomic E-state index is 0.214. The van der Waals surface area contributed by atoms with E-state index < -0.39 is 5.91 Å². The van der Waals surface area contributed by atoms with Crippen LogP contribution in [0.15, 0.2) is 33.1 Å². The maximum absolute atomic E-state index is 12.2. The molecule has 3 N–H and O–H groups in total. The number of hydrogen-bond donors (Lipinski definition) is 2. The lowest BCUT2D eigenvalue weighted by atomic mass is 10.2. The van der Waals surface area contributed by atoms with E-state index in [4.69, 9.17) is 28.9 Å². The van der Waals surface area contributed by atoms with Crippen molar-refractivity contribution in [3.63, 3.8) is 0 Å². The highest BCUT2D eigenvalue weighted by molar-refractivity contribution is 7.58. The van der Waals surface area contributed by atoms with Crippen LogP contribution in [0.5, 0.6) is 0 Å². The quantitative estimate of drug-likeness (QED) is 0.740. The molecule has 21 heavy (non-hydrogen) atoms. The van der Waals surface area contributed by atoms with E-state index >= 15 is 0 Å². The molecule has 0 atom stereocenters. The Kier molecular flexibility index (Phi) is 3.62. The molecule has 0 saturated carbocycles. The van der Waals surface area contributed by atoms with Gasteiger partial charge in [-0.15, -0.1) is 0 Å². The van der Waals surface area contributed by atoms with Crippen LogP contribution in [0.2, 0.25) is 10.0 Å². The number of nitrogens with zero attached hydrogens (tertiary/aromatic N) is 3. The Bertz CT molecular complexity index is 815. The second-order valence-corrected chi connectivity index (χ2v) is 5.45. The number of anilines is 2. The molecule has 1 aliphatic heterocycles. The minimum Gasteiger partial charge on any atom is -0.397 e. The van der Waals surface area contributed by atoms with Crippen LogP contribution < -0.4 is 11.1 Å². The number of pyridine rings is 1. The first kappa shape index (κ1) is 14.0. The van der Waals surface area contributed by atoms with E-state index in [-0.39, 0.29) is 10.7 Å². The highest BCUT2D eigenvalue weighted by Gasteiger charge is 2.21. The number of hydrogen-bond acceptors (Lipinski definition) is 5. The highest BCUT2D eigenvalue weighted by atomic mass is 35.5. The van der Waals surface area contributed by atoms with Gasteiger partial charge in [-0.1, -0.05) is 23.2 Å². The van der Waals surface area contributed by atoms with E-state index in [0.717, 1.165) is 11.4 Å². The summed E-state index contributed by atoms with van der Waals surface area (Å²) in [5, 5.41) is 3.34. The van der Waals surface area contributed by atoms with Crippen LogP contribution in [0.4, 0.5) is 22.7 Å². The van der Waals surface area contributed by atoms with Gasteiger partial charge in [-0.2, -0.15) is 8.73 Å². The Balaban J connectivity index is 1.96. The fourth-order valence-corrected chi connectivity index (χ4v) is 2.87. The number of carbonyl (C=O) groups is 1. The molecule has 6 nitrogen and oxygen atoms in total. The molecular weight excluding hydrogens is 333 g/mol. The van der Waals surface area contributed by atoms with Crippen LogP contribution in [-0.2, 0) is 11.4 Å². The normalized spacial score (nSPS) is 11.9. The second kappa shape index (κ2) is 5.44. The van der Waals surface area contributed by atoms with Gasteiger partial charge in [0.15, 0.2) is 0 Å². The fraction of sp³-hybridized carbons (Fsp3) is 0. The average Bonchev–Trinajstić information content (AvgIpc) is 2.93. The van der Waals surface area contributed by atoms with E-state index in [1.165, 1.54) is 18.3 Å². The van der Waals surface area contributed by atoms with Gasteiger partial charge in [0.05, 0.1) is 39.0 Å². The lowest BCUT2D eigenvalue weighted by molar-refractivity contribution is 0.102. The first-order chi connectivity index (χ1) is 10.1. The van der Waals surface area contributed by atoms with Crippen LogP contribution in [0.1, 0.15) is 10.5 Å². The van der Waals surface area contributed by atoms with Crippen molar-refractivity contribution in [1.82, 2.24) is 4.98 Å². The maximum Gasteiger partial charge on any atom is 0.274 e. The average molecular weight is 340 g/mol. The van der Waals surface area contributed by atoms with Gasteiger partial charge >= 0.3 is 0 Å². The molecule has 0 fully saturated rings. The van der Waals surface area contributed by atoms with Crippen LogP contribution in [0.25, 0.3) is 0 Å². The topological polar surface area (TPSA) is 92.7 Å². The molecule has 1 aromatic carbocycles. The van der Waals surface area contributed by atoms with Gasteiger partial charge in [-0.3, -0.25) is 4.79 Å². The number of nitrogens with two attached hydrogens (primary N) is 1. The molecule has 1 aromatic heterocycles. The zero-order valence-electron chi connectivity index (χ0n) is 10.3. The Hall–Kier alpha value is -1.96. The molecule has 1 aliphatic rings. The van der Waals surface area contributed by atoms with Crippen molar-refractivity contribution in [2.24, 2.45) is 8.73 Å². The predicted molar refractivity (Wildman–Crippen MR) is 84.6 cm³/mol. The van der Waals surface area contributed by atoms with Gasteiger partial charge < -0.3 is 11.1 Å². The van der Waals surface area contributed by atoms with Crippen LogP contribution in [0, 0.1) is 0 Å². The van der Waals surface area contributed by atoms with E-state index in [0.29, 0.717) is 27.8 Å². The molecule has 2 heterocycles. The molecule has 0 spiro atoms. The van der Waals surface area contributed by atoms with E-state index in [1.807, 2.05) is 0 Å². The van der Waals surface area contributed by atoms with Gasteiger partial charge in [-0.25, -0.2) is 4.98 Å². The molecule has 3 rings (SSSR count). The molecule has 0 saturated heterocycles. The molecule has 9 heteroatoms. The van der Waals surface area contributed by atoms with Crippen molar-refractivity contribution in [2.75, 3.05) is 11.1 Å². The third-order valence-corrected chi connectivity index (χ3v) is 3.82. The standard InChI is InChI=1S/C12H7Cl2N5OS/c13-6-3-7(14)10-11(19-21-18-10)9(6)17-12(20)8-2-1-5(15)4-16-8/h1-4H,15H2,(H,17,20). The predicted octanol–water partition coefficient (Wildman–Crippen LogP) is 3.95. The Morgan fingerprint density at radius 1 is 1.19 bits per heavy atom. The van der Waals surface area contributed by atoms with Gasteiger partial charge in [0.25, 0.3) is 5.91 Å². The Morgan fingerprint density at radius 2 is 1.95 bits per heavy atom. The molecule has 1 amide bonds. The number of rotatable bonds is 2. The fourth-order valence-electron chi connectivity index (χ4n) is 1.71. The zero-order valence-corrected chi connectivity index (χ0v) is 12.6. The molecule has 0 radical (unpaired) electrons. The Labute approximate surface area is 133 Å². The number of carbonyl (C=O) groups excluding carboxylic acids is 1. The van der Waals surface area contributed by atoms with Crippen molar-refractivity contribution >= 4 is 63.2 Å². The summed E-state index contributed by atoms with van der Waals surface area (Å²) in [6, 6.07) is 4.62. The van der Waals surface area contributed by atoms with Crippen molar-refractivity contribution in [3.05, 3.63) is 40.1 Å². The van der Waals surface area contributed by atoms with Crippen LogP contribution in [-0.4, -0.2) is 10.9 Å². The number of aromatic nitrogens is 1. The molecular formula is C12H7Cl2N5OS. The minimum atomic E-state index is -0.423. The van der Waals surface area contributed by atoms with E-state index in [1.54, 1.807) is 6.07 Å². The lowest BCUT2D eigenvalue weighted by Crippen LogP contribution is -2.14. The third-order valence-electron chi connectivity index (χ3n) is 2.70. The van der Waals surface area contributed by atoms with Crippen molar-refractivity contribution in [1.29, 1.82) is 0 Å². The maximum atomic E-state index is 12.2. The third kappa shape index (κ3) is 2.63. The summed E-state index contributed by atoms with van der Waals surface area (Å²) in [6.45, 7) is 0. The first-order valence-electron chi connectivity index (χ1n) is 5.69. The van der Waals surface area contributed by atoms with Gasteiger partial charge in [0, 0.05) is 0 Å². The molecule has 0 aliphatic carbocycles. The summed E-state index contributed by atoms with van der Waals surface area (Å²) in [6.07, 6.45) is 1.40. The summed E-state index contributed by atoms with van der Waals surface area (Å²) < 4.78 is 8.18. The van der Waals surface area contributed by atoms with Gasteiger partial charge in [0.1, 0.15) is 17.1 Å². The van der Waals surface area contributed by atoms with E-state index in [2.05, 4.69) is 19.0 Å². The largest absolute Gasteiger partial charge is 0.397 e. The Morgan fingerprint density at radius 3 is 2.67 bits per heavy atom. The number of amides is 1. The number of benzene rings is 1. The summed E-state index contributed by atoms with van der Waals surface area (Å²) >= 11 is 13.1. The summed E-state index contributed by atoms with van der Waals surface area (Å²) in [5.74, 6) is -0.423. The van der Waals surface area contributed by atoms with Crippen molar-refractivity contribution < 1.29 is 4.79 Å².